The number of benzene rings is 2. The highest BCUT2D eigenvalue weighted by Crippen LogP contribution is 2.24. The van der Waals surface area contributed by atoms with Crippen LogP contribution in [0.2, 0.25) is 0 Å². The third-order valence-electron chi connectivity index (χ3n) is 5.14. The molecule has 144 valence electrons. The van der Waals surface area contributed by atoms with Gasteiger partial charge in [0.25, 0.3) is 0 Å². The Labute approximate surface area is 164 Å². The van der Waals surface area contributed by atoms with Crippen LogP contribution in [0.4, 0.5) is 15.8 Å². The van der Waals surface area contributed by atoms with Crippen LogP contribution in [0.15, 0.2) is 59.6 Å². The van der Waals surface area contributed by atoms with Crippen LogP contribution in [0.1, 0.15) is 17.0 Å². The summed E-state index contributed by atoms with van der Waals surface area (Å²) in [5, 5.41) is 0. The first-order valence-electron chi connectivity index (χ1n) is 9.54. The zero-order valence-electron chi connectivity index (χ0n) is 16.2. The minimum absolute atomic E-state index is 0.230. The van der Waals surface area contributed by atoms with Gasteiger partial charge in [-0.3, -0.25) is 4.99 Å². The number of aryl methyl sites for hydroxylation is 1. The van der Waals surface area contributed by atoms with Gasteiger partial charge in [0.2, 0.25) is 0 Å². The highest BCUT2D eigenvalue weighted by atomic mass is 19.1. The van der Waals surface area contributed by atoms with Crippen molar-refractivity contribution in [1.29, 1.82) is 0 Å². The first-order valence-corrected chi connectivity index (χ1v) is 9.54. The van der Waals surface area contributed by atoms with Crippen LogP contribution in [0, 0.1) is 19.7 Å². The number of anilines is 1. The Hall–Kier alpha value is -2.92. The van der Waals surface area contributed by atoms with Crippen molar-refractivity contribution in [3.63, 3.8) is 0 Å². The predicted molar refractivity (Wildman–Crippen MR) is 112 cm³/mol. The van der Waals surface area contributed by atoms with Gasteiger partial charge in [-0.1, -0.05) is 12.1 Å². The van der Waals surface area contributed by atoms with Gasteiger partial charge in [0.05, 0.1) is 24.6 Å². The largest absolute Gasteiger partial charge is 0.378 e. The van der Waals surface area contributed by atoms with E-state index in [9.17, 15) is 4.39 Å². The molecule has 0 spiro atoms. The van der Waals surface area contributed by atoms with E-state index in [0.717, 1.165) is 48.9 Å². The molecule has 4 nitrogen and oxygen atoms in total. The molecule has 0 bridgehead atoms. The van der Waals surface area contributed by atoms with Crippen molar-refractivity contribution in [3.8, 4) is 5.69 Å². The van der Waals surface area contributed by atoms with Crippen molar-refractivity contribution in [2.75, 3.05) is 31.2 Å². The number of morpholine rings is 1. The zero-order valence-corrected chi connectivity index (χ0v) is 16.2. The van der Waals surface area contributed by atoms with E-state index in [-0.39, 0.29) is 5.82 Å². The number of ether oxygens (including phenoxy) is 1. The minimum Gasteiger partial charge on any atom is -0.378 e. The number of nitrogens with zero attached hydrogens (tertiary/aromatic N) is 3. The lowest BCUT2D eigenvalue weighted by atomic mass is 10.2. The van der Waals surface area contributed by atoms with Crippen LogP contribution in [0.5, 0.6) is 0 Å². The van der Waals surface area contributed by atoms with Crippen LogP contribution >= 0.6 is 0 Å². The van der Waals surface area contributed by atoms with Gasteiger partial charge in [0.1, 0.15) is 5.82 Å². The normalized spacial score (nSPS) is 14.8. The van der Waals surface area contributed by atoms with Crippen LogP contribution in [0.3, 0.4) is 0 Å². The summed E-state index contributed by atoms with van der Waals surface area (Å²) < 4.78 is 21.6. The first-order chi connectivity index (χ1) is 13.6. The molecule has 0 radical (unpaired) electrons. The molecule has 2 heterocycles. The third kappa shape index (κ3) is 3.71. The second kappa shape index (κ2) is 7.98. The summed E-state index contributed by atoms with van der Waals surface area (Å²) in [6.45, 7) is 7.36. The quantitative estimate of drug-likeness (QED) is 0.610. The maximum Gasteiger partial charge on any atom is 0.147 e. The molecule has 4 rings (SSSR count). The number of aliphatic imine (C=N–C) groups is 1. The van der Waals surface area contributed by atoms with Gasteiger partial charge in [0.15, 0.2) is 0 Å². The monoisotopic (exact) mass is 377 g/mol. The molecule has 0 atom stereocenters. The Morgan fingerprint density at radius 2 is 1.71 bits per heavy atom. The molecule has 28 heavy (non-hydrogen) atoms. The maximum absolute atomic E-state index is 14.2. The van der Waals surface area contributed by atoms with Crippen LogP contribution in [-0.4, -0.2) is 37.1 Å². The Kier molecular flexibility index (Phi) is 5.26. The second-order valence-corrected chi connectivity index (χ2v) is 6.99. The van der Waals surface area contributed by atoms with Crippen molar-refractivity contribution in [2.24, 2.45) is 4.99 Å². The number of hydrogen-bond donors (Lipinski definition) is 0. The lowest BCUT2D eigenvalue weighted by molar-refractivity contribution is 0.122. The first kappa shape index (κ1) is 18.4. The molecule has 5 heteroatoms. The molecule has 3 aromatic rings. The van der Waals surface area contributed by atoms with Gasteiger partial charge >= 0.3 is 0 Å². The molecule has 0 N–H and O–H groups in total. The highest BCUT2D eigenvalue weighted by Gasteiger charge is 2.13. The number of halogens is 1. The van der Waals surface area contributed by atoms with E-state index in [0.29, 0.717) is 5.69 Å². The van der Waals surface area contributed by atoms with Gasteiger partial charge < -0.3 is 14.2 Å². The highest BCUT2D eigenvalue weighted by molar-refractivity contribution is 5.84. The number of hydrogen-bond acceptors (Lipinski definition) is 3. The summed E-state index contributed by atoms with van der Waals surface area (Å²) >= 11 is 0. The standard InChI is InChI=1S/C23H24FN3O/c1-17-15-19(18(2)27(17)23-6-4-3-5-22(23)24)16-25-20-7-9-21(10-8-20)26-11-13-28-14-12-26/h3-10,15-16H,11-14H2,1-2H3. The molecule has 0 aliphatic carbocycles. The molecule has 0 amide bonds. The molecule has 1 fully saturated rings. The summed E-state index contributed by atoms with van der Waals surface area (Å²) in [6.07, 6.45) is 1.85. The van der Waals surface area contributed by atoms with Crippen molar-refractivity contribution >= 4 is 17.6 Å². The van der Waals surface area contributed by atoms with E-state index in [4.69, 9.17) is 4.74 Å². The van der Waals surface area contributed by atoms with Crippen molar-refractivity contribution in [3.05, 3.63) is 77.4 Å². The van der Waals surface area contributed by atoms with E-state index in [1.165, 1.54) is 11.8 Å². The fourth-order valence-electron chi connectivity index (χ4n) is 3.64. The molecule has 2 aromatic carbocycles. The maximum atomic E-state index is 14.2. The fourth-order valence-corrected chi connectivity index (χ4v) is 3.64. The van der Waals surface area contributed by atoms with E-state index in [2.05, 4.69) is 22.0 Å². The summed E-state index contributed by atoms with van der Waals surface area (Å²) in [5.41, 5.74) is 5.58. The van der Waals surface area contributed by atoms with E-state index in [1.54, 1.807) is 12.1 Å². The summed E-state index contributed by atoms with van der Waals surface area (Å²) in [6, 6.07) is 17.1. The Morgan fingerprint density at radius 3 is 2.43 bits per heavy atom. The number of aromatic nitrogens is 1. The molecule has 1 aliphatic rings. The fraction of sp³-hybridized carbons (Fsp3) is 0.261. The SMILES string of the molecule is Cc1cc(C=Nc2ccc(N3CCOCC3)cc2)c(C)n1-c1ccccc1F. The summed E-state index contributed by atoms with van der Waals surface area (Å²) in [5.74, 6) is -0.230. The van der Waals surface area contributed by atoms with Crippen LogP contribution in [-0.2, 0) is 4.74 Å². The molecule has 1 aliphatic heterocycles. The van der Waals surface area contributed by atoms with E-state index < -0.39 is 0 Å². The van der Waals surface area contributed by atoms with Crippen molar-refractivity contribution in [2.45, 2.75) is 13.8 Å². The lowest BCUT2D eigenvalue weighted by Crippen LogP contribution is -2.36. The van der Waals surface area contributed by atoms with Gasteiger partial charge in [-0.15, -0.1) is 0 Å². The smallest absolute Gasteiger partial charge is 0.147 e. The topological polar surface area (TPSA) is 29.8 Å². The Bertz CT molecular complexity index is 986. The molecule has 0 unspecified atom stereocenters. The van der Waals surface area contributed by atoms with Gasteiger partial charge in [-0.2, -0.15) is 0 Å². The van der Waals surface area contributed by atoms with Gasteiger partial charge in [0, 0.05) is 41.9 Å². The van der Waals surface area contributed by atoms with Crippen LogP contribution in [0.25, 0.3) is 5.69 Å². The molecule has 1 aromatic heterocycles. The predicted octanol–water partition coefficient (Wildman–Crippen LogP) is 4.82. The Morgan fingerprint density at radius 1 is 1.00 bits per heavy atom. The number of para-hydroxylation sites is 1. The zero-order chi connectivity index (χ0) is 19.5. The third-order valence-corrected chi connectivity index (χ3v) is 5.14. The lowest BCUT2D eigenvalue weighted by Gasteiger charge is -2.28. The summed E-state index contributed by atoms with van der Waals surface area (Å²) in [7, 11) is 0. The Balaban J connectivity index is 1.55. The second-order valence-electron chi connectivity index (χ2n) is 6.99. The van der Waals surface area contributed by atoms with Crippen LogP contribution < -0.4 is 4.90 Å². The van der Waals surface area contributed by atoms with Crippen molar-refractivity contribution in [1.82, 2.24) is 4.57 Å². The molecular formula is C23H24FN3O. The number of rotatable bonds is 4. The molecule has 0 saturated carbocycles. The van der Waals surface area contributed by atoms with Crippen molar-refractivity contribution < 1.29 is 9.13 Å². The molecule has 1 saturated heterocycles. The molecular weight excluding hydrogens is 353 g/mol. The van der Waals surface area contributed by atoms with E-state index >= 15 is 0 Å². The van der Waals surface area contributed by atoms with Gasteiger partial charge in [-0.05, 0) is 56.3 Å². The average Bonchev–Trinajstić information content (AvgIpc) is 3.01. The average molecular weight is 377 g/mol. The van der Waals surface area contributed by atoms with Gasteiger partial charge in [-0.25, -0.2) is 4.39 Å². The summed E-state index contributed by atoms with van der Waals surface area (Å²) in [4.78, 5) is 6.94. The van der Waals surface area contributed by atoms with E-state index in [1.807, 2.05) is 48.9 Å². The minimum atomic E-state index is -0.230.